The van der Waals surface area contributed by atoms with Gasteiger partial charge in [0.25, 0.3) is 5.69 Å². The maximum Gasteiger partial charge on any atom is 0.269 e. The highest BCUT2D eigenvalue weighted by atomic mass is 19.1. The van der Waals surface area contributed by atoms with Crippen molar-refractivity contribution in [3.63, 3.8) is 0 Å². The third-order valence-corrected chi connectivity index (χ3v) is 4.27. The van der Waals surface area contributed by atoms with Crippen LogP contribution in [0.5, 0.6) is 0 Å². The van der Waals surface area contributed by atoms with Crippen LogP contribution in [0.3, 0.4) is 0 Å². The predicted octanol–water partition coefficient (Wildman–Crippen LogP) is 4.17. The molecule has 0 saturated heterocycles. The van der Waals surface area contributed by atoms with Crippen LogP contribution in [0.15, 0.2) is 48.5 Å². The molecule has 1 N–H and O–H groups in total. The predicted molar refractivity (Wildman–Crippen MR) is 110 cm³/mol. The number of aryl methyl sites for hydroxylation is 1. The largest absolute Gasteiger partial charge is 0.366 e. The zero-order valence-electron chi connectivity index (χ0n) is 16.5. The Bertz CT molecular complexity index is 1020. The fourth-order valence-corrected chi connectivity index (χ4v) is 2.88. The number of nitrogens with one attached hydrogen (secondary N) is 1. The first-order chi connectivity index (χ1) is 13.8. The summed E-state index contributed by atoms with van der Waals surface area (Å²) < 4.78 is 14.2. The molecule has 29 heavy (non-hydrogen) atoms. The van der Waals surface area contributed by atoms with E-state index in [4.69, 9.17) is 0 Å². The highest BCUT2D eigenvalue weighted by Gasteiger charge is 2.10. The monoisotopic (exact) mass is 395 g/mol. The van der Waals surface area contributed by atoms with Crippen molar-refractivity contribution in [1.29, 1.82) is 0 Å². The normalized spacial score (nSPS) is 10.9. The number of nitrogens with zero attached hydrogens (tertiary/aromatic N) is 4. The second-order valence-electron chi connectivity index (χ2n) is 7.04. The summed E-state index contributed by atoms with van der Waals surface area (Å²) >= 11 is 0. The standard InChI is InChI=1S/C21H22FN5O2/c1-14-10-20(23-12-15-4-5-17(13-26(2)3)19(22)11-15)25-21(24-14)16-6-8-18(9-7-16)27(28)29/h4-11H,12-13H2,1-3H3,(H,23,24,25). The number of nitro benzene ring substituents is 1. The van der Waals surface area contributed by atoms with E-state index in [1.807, 2.05) is 32.0 Å². The van der Waals surface area contributed by atoms with E-state index in [2.05, 4.69) is 15.3 Å². The van der Waals surface area contributed by atoms with Gasteiger partial charge in [0.05, 0.1) is 4.92 Å². The zero-order valence-corrected chi connectivity index (χ0v) is 16.5. The van der Waals surface area contributed by atoms with Crippen LogP contribution in [0, 0.1) is 22.9 Å². The van der Waals surface area contributed by atoms with Crippen molar-refractivity contribution in [3.05, 3.63) is 81.3 Å². The maximum atomic E-state index is 14.2. The Morgan fingerprint density at radius 2 is 1.83 bits per heavy atom. The molecule has 0 unspecified atom stereocenters. The average Bonchev–Trinajstić information content (AvgIpc) is 2.67. The molecule has 0 aliphatic rings. The Morgan fingerprint density at radius 1 is 1.10 bits per heavy atom. The quantitative estimate of drug-likeness (QED) is 0.477. The molecule has 3 aromatic rings. The first-order valence-electron chi connectivity index (χ1n) is 9.08. The van der Waals surface area contributed by atoms with Gasteiger partial charge in [0.15, 0.2) is 5.82 Å². The lowest BCUT2D eigenvalue weighted by molar-refractivity contribution is -0.384. The van der Waals surface area contributed by atoms with E-state index in [0.717, 1.165) is 11.3 Å². The highest BCUT2D eigenvalue weighted by Crippen LogP contribution is 2.21. The van der Waals surface area contributed by atoms with Gasteiger partial charge < -0.3 is 10.2 Å². The van der Waals surface area contributed by atoms with Crippen LogP contribution < -0.4 is 5.32 Å². The molecule has 0 amide bonds. The van der Waals surface area contributed by atoms with Gasteiger partial charge in [-0.2, -0.15) is 0 Å². The van der Waals surface area contributed by atoms with Gasteiger partial charge in [-0.25, -0.2) is 14.4 Å². The molecular formula is C21H22FN5O2. The smallest absolute Gasteiger partial charge is 0.269 e. The van der Waals surface area contributed by atoms with Gasteiger partial charge in [0.2, 0.25) is 0 Å². The average molecular weight is 395 g/mol. The second kappa shape index (κ2) is 8.74. The van der Waals surface area contributed by atoms with E-state index in [-0.39, 0.29) is 11.5 Å². The van der Waals surface area contributed by atoms with E-state index in [1.165, 1.54) is 18.2 Å². The molecular weight excluding hydrogens is 373 g/mol. The lowest BCUT2D eigenvalue weighted by atomic mass is 10.1. The summed E-state index contributed by atoms with van der Waals surface area (Å²) in [4.78, 5) is 21.2. The topological polar surface area (TPSA) is 84.2 Å². The Labute approximate surface area is 168 Å². The molecule has 0 aliphatic carbocycles. The van der Waals surface area contributed by atoms with E-state index >= 15 is 0 Å². The van der Waals surface area contributed by atoms with Gasteiger partial charge in [0, 0.05) is 48.1 Å². The first-order valence-corrected chi connectivity index (χ1v) is 9.08. The van der Waals surface area contributed by atoms with Crippen LogP contribution >= 0.6 is 0 Å². The van der Waals surface area contributed by atoms with E-state index in [1.54, 1.807) is 24.3 Å². The van der Waals surface area contributed by atoms with Crippen molar-refractivity contribution < 1.29 is 9.31 Å². The van der Waals surface area contributed by atoms with Crippen molar-refractivity contribution in [1.82, 2.24) is 14.9 Å². The Hall–Kier alpha value is -3.39. The van der Waals surface area contributed by atoms with Gasteiger partial charge in [-0.15, -0.1) is 0 Å². The van der Waals surface area contributed by atoms with Gasteiger partial charge in [-0.05, 0) is 44.8 Å². The van der Waals surface area contributed by atoms with Crippen molar-refractivity contribution in [2.75, 3.05) is 19.4 Å². The highest BCUT2D eigenvalue weighted by molar-refractivity contribution is 5.59. The molecule has 0 radical (unpaired) electrons. The van der Waals surface area contributed by atoms with E-state index in [0.29, 0.717) is 35.9 Å². The molecule has 0 aliphatic heterocycles. The Kier molecular flexibility index (Phi) is 6.13. The van der Waals surface area contributed by atoms with Crippen molar-refractivity contribution in [3.8, 4) is 11.4 Å². The summed E-state index contributed by atoms with van der Waals surface area (Å²) in [5, 5.41) is 14.0. The van der Waals surface area contributed by atoms with Crippen LogP contribution in [-0.4, -0.2) is 33.9 Å². The SMILES string of the molecule is Cc1cc(NCc2ccc(CN(C)C)c(F)c2)nc(-c2ccc([N+](=O)[O-])cc2)n1. The second-order valence-corrected chi connectivity index (χ2v) is 7.04. The van der Waals surface area contributed by atoms with Crippen LogP contribution in [0.25, 0.3) is 11.4 Å². The van der Waals surface area contributed by atoms with Gasteiger partial charge in [-0.3, -0.25) is 10.1 Å². The third-order valence-electron chi connectivity index (χ3n) is 4.27. The fourth-order valence-electron chi connectivity index (χ4n) is 2.88. The number of benzene rings is 2. The molecule has 7 nitrogen and oxygen atoms in total. The summed E-state index contributed by atoms with van der Waals surface area (Å²) in [5.74, 6) is 0.835. The minimum Gasteiger partial charge on any atom is -0.366 e. The zero-order chi connectivity index (χ0) is 21.0. The van der Waals surface area contributed by atoms with Crippen LogP contribution in [-0.2, 0) is 13.1 Å². The number of non-ortho nitro benzene ring substituents is 1. The molecule has 1 heterocycles. The van der Waals surface area contributed by atoms with Gasteiger partial charge >= 0.3 is 0 Å². The molecule has 0 saturated carbocycles. The molecule has 150 valence electrons. The lowest BCUT2D eigenvalue weighted by Gasteiger charge is -2.12. The number of hydrogen-bond donors (Lipinski definition) is 1. The summed E-state index contributed by atoms with van der Waals surface area (Å²) in [6.07, 6.45) is 0. The minimum atomic E-state index is -0.448. The summed E-state index contributed by atoms with van der Waals surface area (Å²) in [7, 11) is 3.80. The van der Waals surface area contributed by atoms with Crippen molar-refractivity contribution in [2.45, 2.75) is 20.0 Å². The van der Waals surface area contributed by atoms with Crippen LogP contribution in [0.4, 0.5) is 15.9 Å². The van der Waals surface area contributed by atoms with Crippen molar-refractivity contribution in [2.24, 2.45) is 0 Å². The number of aromatic nitrogens is 2. The van der Waals surface area contributed by atoms with Crippen molar-refractivity contribution >= 4 is 11.5 Å². The molecule has 0 bridgehead atoms. The maximum absolute atomic E-state index is 14.2. The fraction of sp³-hybridized carbons (Fsp3) is 0.238. The summed E-state index contributed by atoms with van der Waals surface area (Å²) in [6, 6.07) is 13.1. The summed E-state index contributed by atoms with van der Waals surface area (Å²) in [6.45, 7) is 2.80. The van der Waals surface area contributed by atoms with Crippen LogP contribution in [0.1, 0.15) is 16.8 Å². The minimum absolute atomic E-state index is 0.0134. The molecule has 1 aromatic heterocycles. The number of anilines is 1. The molecule has 0 spiro atoms. The lowest BCUT2D eigenvalue weighted by Crippen LogP contribution is -2.12. The first kappa shape index (κ1) is 20.3. The number of hydrogen-bond acceptors (Lipinski definition) is 6. The van der Waals surface area contributed by atoms with Gasteiger partial charge in [-0.1, -0.05) is 12.1 Å². The Balaban J connectivity index is 1.75. The number of nitro groups is 1. The van der Waals surface area contributed by atoms with Crippen LogP contribution in [0.2, 0.25) is 0 Å². The van der Waals surface area contributed by atoms with E-state index in [9.17, 15) is 14.5 Å². The van der Waals surface area contributed by atoms with E-state index < -0.39 is 4.92 Å². The Morgan fingerprint density at radius 3 is 2.45 bits per heavy atom. The molecule has 0 fully saturated rings. The molecule has 2 aromatic carbocycles. The summed E-state index contributed by atoms with van der Waals surface area (Å²) in [5.41, 5.74) is 2.90. The third kappa shape index (κ3) is 5.32. The molecule has 3 rings (SSSR count). The molecule has 8 heteroatoms. The number of rotatable bonds is 7. The number of halogens is 1. The van der Waals surface area contributed by atoms with Gasteiger partial charge in [0.1, 0.15) is 11.6 Å². The molecule has 0 atom stereocenters.